The van der Waals surface area contributed by atoms with Gasteiger partial charge in [-0.1, -0.05) is 12.1 Å². The van der Waals surface area contributed by atoms with Crippen molar-refractivity contribution in [3.63, 3.8) is 0 Å². The Bertz CT molecular complexity index is 633. The van der Waals surface area contributed by atoms with Gasteiger partial charge in [0, 0.05) is 46.6 Å². The molecule has 0 saturated carbocycles. The lowest BCUT2D eigenvalue weighted by Crippen LogP contribution is -2.46. The molecule has 7 nitrogen and oxygen atoms in total. The molecule has 2 rings (SSSR count). The van der Waals surface area contributed by atoms with Crippen LogP contribution in [0.1, 0.15) is 31.7 Å². The smallest absolute Gasteiger partial charge is 0.229 e. The lowest BCUT2D eigenvalue weighted by atomic mass is 10.1. The maximum atomic E-state index is 11.8. The topological polar surface area (TPSA) is 74.2 Å². The molecule has 1 aliphatic heterocycles. The number of carbonyl (C=O) groups excluding carboxylic acids is 2. The van der Waals surface area contributed by atoms with Crippen LogP contribution in [0.15, 0.2) is 29.3 Å². The third-order valence-corrected chi connectivity index (χ3v) is 4.23. The Morgan fingerprint density at radius 1 is 1.22 bits per heavy atom. The Balaban J connectivity index is 0.00000364. The van der Waals surface area contributed by atoms with Gasteiger partial charge < -0.3 is 15.0 Å². The van der Waals surface area contributed by atoms with E-state index in [4.69, 9.17) is 4.74 Å². The number of halogens is 1. The van der Waals surface area contributed by atoms with E-state index in [9.17, 15) is 9.59 Å². The second kappa shape index (κ2) is 11.8. The van der Waals surface area contributed by atoms with Crippen LogP contribution < -0.4 is 10.1 Å². The van der Waals surface area contributed by atoms with Gasteiger partial charge in [-0.15, -0.1) is 24.0 Å². The monoisotopic (exact) mass is 488 g/mol. The predicted octanol–water partition coefficient (Wildman–Crippen LogP) is 2.25. The van der Waals surface area contributed by atoms with Gasteiger partial charge in [0.2, 0.25) is 11.8 Å². The van der Waals surface area contributed by atoms with Crippen molar-refractivity contribution in [1.82, 2.24) is 15.1 Å². The molecule has 150 valence electrons. The largest absolute Gasteiger partial charge is 0.494 e. The Labute approximate surface area is 178 Å². The molecule has 0 spiro atoms. The Morgan fingerprint density at radius 2 is 1.85 bits per heavy atom. The zero-order valence-electron chi connectivity index (χ0n) is 16.2. The summed E-state index contributed by atoms with van der Waals surface area (Å²) in [6.45, 7) is 4.15. The first-order valence-electron chi connectivity index (χ1n) is 9.02. The number of guanidine groups is 1. The fourth-order valence-corrected chi connectivity index (χ4v) is 2.92. The third-order valence-electron chi connectivity index (χ3n) is 4.23. The van der Waals surface area contributed by atoms with E-state index in [1.165, 1.54) is 4.90 Å². The van der Waals surface area contributed by atoms with E-state index in [1.54, 1.807) is 7.05 Å². The molecule has 0 unspecified atom stereocenters. The van der Waals surface area contributed by atoms with Crippen LogP contribution in [0, 0.1) is 0 Å². The van der Waals surface area contributed by atoms with Crippen molar-refractivity contribution < 1.29 is 14.3 Å². The first-order chi connectivity index (χ1) is 12.5. The highest BCUT2D eigenvalue weighted by atomic mass is 127. The Morgan fingerprint density at radius 3 is 2.41 bits per heavy atom. The maximum Gasteiger partial charge on any atom is 0.229 e. The summed E-state index contributed by atoms with van der Waals surface area (Å²) >= 11 is 0. The molecule has 1 aromatic rings. The molecule has 1 aliphatic rings. The number of nitrogens with one attached hydrogen (secondary N) is 1. The molecular formula is C19H29IN4O3. The quantitative estimate of drug-likeness (QED) is 0.276. The minimum absolute atomic E-state index is 0. The van der Waals surface area contributed by atoms with Gasteiger partial charge in [0.25, 0.3) is 0 Å². The summed E-state index contributed by atoms with van der Waals surface area (Å²) in [5.41, 5.74) is 1.14. The minimum atomic E-state index is -0.0826. The zero-order chi connectivity index (χ0) is 18.9. The van der Waals surface area contributed by atoms with Crippen molar-refractivity contribution in [2.24, 2.45) is 4.99 Å². The molecule has 0 aromatic heterocycles. The van der Waals surface area contributed by atoms with Crippen LogP contribution in [0.25, 0.3) is 0 Å². The summed E-state index contributed by atoms with van der Waals surface area (Å²) in [7, 11) is 3.66. The number of benzene rings is 1. The first kappa shape index (κ1) is 23.2. The lowest BCUT2D eigenvalue weighted by molar-refractivity contribution is -0.147. The van der Waals surface area contributed by atoms with Crippen LogP contribution in [-0.4, -0.2) is 61.4 Å². The van der Waals surface area contributed by atoms with Gasteiger partial charge in [0.1, 0.15) is 5.75 Å². The van der Waals surface area contributed by atoms with Gasteiger partial charge in [0.15, 0.2) is 5.96 Å². The first-order valence-corrected chi connectivity index (χ1v) is 9.02. The van der Waals surface area contributed by atoms with Crippen LogP contribution in [-0.2, 0) is 16.1 Å². The highest BCUT2D eigenvalue weighted by Gasteiger charge is 2.25. The third kappa shape index (κ3) is 7.00. The second-order valence-corrected chi connectivity index (χ2v) is 6.20. The number of ether oxygens (including phenoxy) is 1. The molecule has 8 heteroatoms. The molecule has 1 aromatic carbocycles. The molecule has 0 bridgehead atoms. The molecule has 0 radical (unpaired) electrons. The molecule has 1 fully saturated rings. The fraction of sp³-hybridized carbons (Fsp3) is 0.526. The van der Waals surface area contributed by atoms with E-state index >= 15 is 0 Å². The Hall–Kier alpha value is -1.84. The van der Waals surface area contributed by atoms with E-state index in [0.717, 1.165) is 17.3 Å². The normalized spacial score (nSPS) is 14.6. The molecule has 0 aliphatic carbocycles. The van der Waals surface area contributed by atoms with Crippen LogP contribution >= 0.6 is 24.0 Å². The summed E-state index contributed by atoms with van der Waals surface area (Å²) < 4.78 is 5.45. The summed E-state index contributed by atoms with van der Waals surface area (Å²) in [6, 6.07) is 7.96. The lowest BCUT2D eigenvalue weighted by Gasteiger charge is -2.26. The molecule has 1 heterocycles. The highest BCUT2D eigenvalue weighted by Crippen LogP contribution is 2.13. The van der Waals surface area contributed by atoms with Crippen LogP contribution in [0.5, 0.6) is 5.75 Å². The van der Waals surface area contributed by atoms with Gasteiger partial charge in [-0.3, -0.25) is 19.5 Å². The minimum Gasteiger partial charge on any atom is -0.494 e. The van der Waals surface area contributed by atoms with E-state index in [-0.39, 0.29) is 35.8 Å². The van der Waals surface area contributed by atoms with Gasteiger partial charge in [0.05, 0.1) is 6.61 Å². The van der Waals surface area contributed by atoms with Crippen LogP contribution in [0.2, 0.25) is 0 Å². The highest BCUT2D eigenvalue weighted by molar-refractivity contribution is 14.0. The average Bonchev–Trinajstić information content (AvgIpc) is 2.62. The SMILES string of the molecule is CCOc1ccc(CN(C)C(=NC)NCCN2C(=O)CCCC2=O)cc1.I. The van der Waals surface area contributed by atoms with Crippen molar-refractivity contribution in [3.8, 4) is 5.75 Å². The molecular weight excluding hydrogens is 459 g/mol. The summed E-state index contributed by atoms with van der Waals surface area (Å²) in [6.07, 6.45) is 1.57. The number of aliphatic imine (C=N–C) groups is 1. The number of nitrogens with zero attached hydrogens (tertiary/aromatic N) is 3. The molecule has 27 heavy (non-hydrogen) atoms. The van der Waals surface area contributed by atoms with E-state index in [2.05, 4.69) is 10.3 Å². The van der Waals surface area contributed by atoms with E-state index < -0.39 is 0 Å². The Kier molecular flexibility index (Phi) is 10.1. The predicted molar refractivity (Wildman–Crippen MR) is 116 cm³/mol. The molecule has 1 saturated heterocycles. The number of hydrogen-bond acceptors (Lipinski definition) is 4. The molecule has 2 amide bonds. The maximum absolute atomic E-state index is 11.8. The van der Waals surface area contributed by atoms with Gasteiger partial charge in [-0.2, -0.15) is 0 Å². The van der Waals surface area contributed by atoms with Gasteiger partial charge in [-0.25, -0.2) is 0 Å². The standard InChI is InChI=1S/C19H28N4O3.HI/c1-4-26-16-10-8-15(9-11-16)14-22(3)19(20-2)21-12-13-23-17(24)6-5-7-18(23)25;/h8-11H,4-7,12-14H2,1-3H3,(H,20,21);1H. The summed E-state index contributed by atoms with van der Waals surface area (Å²) in [4.78, 5) is 31.3. The van der Waals surface area contributed by atoms with Crippen molar-refractivity contribution in [3.05, 3.63) is 29.8 Å². The van der Waals surface area contributed by atoms with Crippen LogP contribution in [0.3, 0.4) is 0 Å². The van der Waals surface area contributed by atoms with E-state index in [0.29, 0.717) is 45.5 Å². The number of piperidine rings is 1. The zero-order valence-corrected chi connectivity index (χ0v) is 18.6. The van der Waals surface area contributed by atoms with Crippen molar-refractivity contribution in [2.75, 3.05) is 33.8 Å². The van der Waals surface area contributed by atoms with Crippen LogP contribution in [0.4, 0.5) is 0 Å². The number of amides is 2. The summed E-state index contributed by atoms with van der Waals surface area (Å²) in [5.74, 6) is 1.41. The van der Waals surface area contributed by atoms with Crippen molar-refractivity contribution >= 4 is 41.8 Å². The number of likely N-dealkylation sites (tertiary alicyclic amines) is 1. The fourth-order valence-electron chi connectivity index (χ4n) is 2.92. The second-order valence-electron chi connectivity index (χ2n) is 6.20. The number of hydrogen-bond donors (Lipinski definition) is 1. The van der Waals surface area contributed by atoms with Gasteiger partial charge >= 0.3 is 0 Å². The average molecular weight is 488 g/mol. The van der Waals surface area contributed by atoms with E-state index in [1.807, 2.05) is 43.1 Å². The van der Waals surface area contributed by atoms with Gasteiger partial charge in [-0.05, 0) is 31.0 Å². The number of imide groups is 1. The number of carbonyl (C=O) groups is 2. The summed E-state index contributed by atoms with van der Waals surface area (Å²) in [5, 5.41) is 3.21. The van der Waals surface area contributed by atoms with Crippen molar-refractivity contribution in [2.45, 2.75) is 32.7 Å². The number of rotatable bonds is 7. The van der Waals surface area contributed by atoms with Crippen molar-refractivity contribution in [1.29, 1.82) is 0 Å². The molecule has 1 N–H and O–H groups in total. The molecule has 0 atom stereocenters.